The first-order valence-corrected chi connectivity index (χ1v) is 13.7. The van der Waals surface area contributed by atoms with Crippen molar-refractivity contribution in [1.29, 1.82) is 0 Å². The molecule has 1 N–H and O–H groups in total. The molecule has 1 saturated heterocycles. The molecule has 1 atom stereocenters. The number of aromatic amines is 1. The van der Waals surface area contributed by atoms with Gasteiger partial charge in [-0.15, -0.1) is 0 Å². The topological polar surface area (TPSA) is 86.9 Å². The molecule has 0 unspecified atom stereocenters. The van der Waals surface area contributed by atoms with E-state index in [-0.39, 0.29) is 6.61 Å². The fraction of sp³-hybridized carbons (Fsp3) is 0.267. The summed E-state index contributed by atoms with van der Waals surface area (Å²) in [7, 11) is 0. The quantitative estimate of drug-likeness (QED) is 0.168. The van der Waals surface area contributed by atoms with E-state index in [9.17, 15) is 9.59 Å². The Hall–Kier alpha value is -3.49. The van der Waals surface area contributed by atoms with Crippen LogP contribution in [0.4, 0.5) is 0 Å². The van der Waals surface area contributed by atoms with Crippen LogP contribution >= 0.6 is 27.5 Å². The van der Waals surface area contributed by atoms with Crippen LogP contribution in [-0.2, 0) is 25.7 Å². The van der Waals surface area contributed by atoms with E-state index in [1.165, 1.54) is 13.8 Å². The van der Waals surface area contributed by atoms with Crippen LogP contribution in [0.3, 0.4) is 0 Å². The maximum atomic E-state index is 13.3. The third-order valence-corrected chi connectivity index (χ3v) is 7.47. The number of carbonyl (C=O) groups excluding carboxylic acids is 2. The second kappa shape index (κ2) is 10.9. The van der Waals surface area contributed by atoms with Crippen molar-refractivity contribution in [2.24, 2.45) is 5.92 Å². The zero-order valence-corrected chi connectivity index (χ0v) is 24.0. The predicted octanol–water partition coefficient (Wildman–Crippen LogP) is 7.15. The smallest absolute Gasteiger partial charge is 0.324 e. The second-order valence-electron chi connectivity index (χ2n) is 9.63. The normalized spacial score (nSPS) is 16.0. The molecule has 0 amide bonds. The van der Waals surface area contributed by atoms with Crippen LogP contribution in [0, 0.1) is 5.92 Å². The number of fused-ring (bicyclic) bond motifs is 1. The average molecular weight is 613 g/mol. The lowest BCUT2D eigenvalue weighted by Gasteiger charge is -2.36. The van der Waals surface area contributed by atoms with Gasteiger partial charge in [-0.25, -0.2) is 0 Å². The van der Waals surface area contributed by atoms with Gasteiger partial charge in [-0.3, -0.25) is 9.59 Å². The number of para-hydroxylation sites is 1. The van der Waals surface area contributed by atoms with Crippen LogP contribution in [0.15, 0.2) is 71.3 Å². The second-order valence-corrected chi connectivity index (χ2v) is 10.9. The van der Waals surface area contributed by atoms with Gasteiger partial charge >= 0.3 is 11.9 Å². The summed E-state index contributed by atoms with van der Waals surface area (Å²) >= 11 is 9.96. The Morgan fingerprint density at radius 2 is 1.72 bits per heavy atom. The third-order valence-electron chi connectivity index (χ3n) is 6.51. The highest BCUT2D eigenvalue weighted by molar-refractivity contribution is 9.10. The van der Waals surface area contributed by atoms with Crippen molar-refractivity contribution >= 4 is 50.4 Å². The lowest BCUT2D eigenvalue weighted by atomic mass is 9.80. The van der Waals surface area contributed by atoms with Gasteiger partial charge in [0.25, 0.3) is 5.79 Å². The summed E-state index contributed by atoms with van der Waals surface area (Å²) in [4.78, 5) is 29.9. The summed E-state index contributed by atoms with van der Waals surface area (Å²) in [5, 5.41) is 1.47. The molecule has 1 aliphatic rings. The largest absolute Gasteiger partial charge is 0.490 e. The average Bonchev–Trinajstić information content (AvgIpc) is 3.30. The Bertz CT molecular complexity index is 1530. The molecule has 0 radical (unpaired) electrons. The minimum absolute atomic E-state index is 0.222. The van der Waals surface area contributed by atoms with Crippen molar-refractivity contribution in [1.82, 2.24) is 4.98 Å². The molecule has 7 nitrogen and oxygen atoms in total. The third kappa shape index (κ3) is 5.49. The number of carbonyl (C=O) groups is 2. The van der Waals surface area contributed by atoms with E-state index in [0.29, 0.717) is 33.2 Å². The molecule has 202 valence electrons. The van der Waals surface area contributed by atoms with Crippen molar-refractivity contribution in [2.45, 2.75) is 39.1 Å². The molecule has 9 heteroatoms. The zero-order chi connectivity index (χ0) is 27.7. The Kier molecular flexibility index (Phi) is 7.60. The van der Waals surface area contributed by atoms with Gasteiger partial charge in [0.15, 0.2) is 17.4 Å². The Balaban J connectivity index is 1.61. The zero-order valence-electron chi connectivity index (χ0n) is 21.6. The minimum atomic E-state index is -1.34. The van der Waals surface area contributed by atoms with Gasteiger partial charge in [-0.2, -0.15) is 0 Å². The van der Waals surface area contributed by atoms with Crippen LogP contribution in [-0.4, -0.2) is 29.3 Å². The molecule has 3 aromatic carbocycles. The molecule has 0 bridgehead atoms. The molecule has 0 saturated carbocycles. The molecular formula is C30H27BrClNO6. The first kappa shape index (κ1) is 27.1. The number of cyclic esters (lactones) is 2. The predicted molar refractivity (Wildman–Crippen MR) is 151 cm³/mol. The van der Waals surface area contributed by atoms with Gasteiger partial charge in [0, 0.05) is 47.5 Å². The number of nitrogens with one attached hydrogen (secondary N) is 1. The number of rotatable bonds is 8. The van der Waals surface area contributed by atoms with E-state index in [2.05, 4.69) is 20.9 Å². The van der Waals surface area contributed by atoms with Gasteiger partial charge < -0.3 is 23.9 Å². The first-order chi connectivity index (χ1) is 18.7. The number of benzene rings is 3. The lowest BCUT2D eigenvalue weighted by molar-refractivity contribution is -0.240. The molecule has 0 aliphatic carbocycles. The van der Waals surface area contributed by atoms with Gasteiger partial charge in [0.05, 0.1) is 11.1 Å². The van der Waals surface area contributed by atoms with Crippen LogP contribution in [0.5, 0.6) is 11.5 Å². The van der Waals surface area contributed by atoms with Crippen molar-refractivity contribution < 1.29 is 28.5 Å². The number of halogens is 2. The van der Waals surface area contributed by atoms with Crippen LogP contribution in [0.1, 0.15) is 43.4 Å². The van der Waals surface area contributed by atoms with Gasteiger partial charge in [-0.1, -0.05) is 48.0 Å². The van der Waals surface area contributed by atoms with E-state index in [1.807, 2.05) is 61.7 Å². The maximum absolute atomic E-state index is 13.3. The number of aromatic nitrogens is 1. The van der Waals surface area contributed by atoms with E-state index >= 15 is 0 Å². The Morgan fingerprint density at radius 1 is 1.03 bits per heavy atom. The molecule has 1 fully saturated rings. The van der Waals surface area contributed by atoms with E-state index in [1.54, 1.807) is 12.1 Å². The number of ether oxygens (including phenoxy) is 4. The molecule has 5 rings (SSSR count). The van der Waals surface area contributed by atoms with Gasteiger partial charge in [0.1, 0.15) is 6.61 Å². The molecule has 1 aromatic heterocycles. The van der Waals surface area contributed by atoms with Crippen molar-refractivity contribution in [3.63, 3.8) is 0 Å². The molecule has 0 spiro atoms. The monoisotopic (exact) mass is 611 g/mol. The minimum Gasteiger partial charge on any atom is -0.490 e. The number of H-pyrrole nitrogens is 1. The summed E-state index contributed by atoms with van der Waals surface area (Å²) in [5.41, 5.74) is 3.10. The maximum Gasteiger partial charge on any atom is 0.324 e. The van der Waals surface area contributed by atoms with E-state index < -0.39 is 29.6 Å². The fourth-order valence-corrected chi connectivity index (χ4v) is 5.60. The Morgan fingerprint density at radius 3 is 2.44 bits per heavy atom. The summed E-state index contributed by atoms with van der Waals surface area (Å²) in [6, 6.07) is 18.8. The van der Waals surface area contributed by atoms with Crippen molar-refractivity contribution in [3.8, 4) is 11.5 Å². The molecular weight excluding hydrogens is 586 g/mol. The Labute approximate surface area is 239 Å². The lowest BCUT2D eigenvalue weighted by Crippen LogP contribution is -2.48. The first-order valence-electron chi connectivity index (χ1n) is 12.5. The standard InChI is InChI=1S/C30H27BrClNO6/c1-4-36-24-14-18(13-21(31)27(24)37-16-17-9-5-7-11-22(17)32)25(20-15-33-23-12-8-6-10-19(20)23)26-28(34)38-30(2,3)39-29(26)35/h5-15,25-26,33H,4,16H2,1-3H3/t25-/m1/s1. The highest BCUT2D eigenvalue weighted by Crippen LogP contribution is 2.46. The highest BCUT2D eigenvalue weighted by Gasteiger charge is 2.49. The molecule has 2 heterocycles. The van der Waals surface area contributed by atoms with Crippen LogP contribution < -0.4 is 9.47 Å². The number of hydrogen-bond acceptors (Lipinski definition) is 6. The molecule has 4 aromatic rings. The van der Waals surface area contributed by atoms with Gasteiger partial charge in [-0.05, 0) is 58.2 Å². The summed E-state index contributed by atoms with van der Waals surface area (Å²) in [5.74, 6) is -3.67. The fourth-order valence-electron chi connectivity index (χ4n) is 4.84. The SMILES string of the molecule is CCOc1cc([C@H](c2c[nH]c3ccccc23)C2C(=O)OC(C)(C)OC2=O)cc(Br)c1OCc1ccccc1Cl. The summed E-state index contributed by atoms with van der Waals surface area (Å²) in [6.07, 6.45) is 1.81. The highest BCUT2D eigenvalue weighted by atomic mass is 79.9. The number of hydrogen-bond donors (Lipinski definition) is 1. The van der Waals surface area contributed by atoms with Crippen molar-refractivity contribution in [3.05, 3.63) is 93.0 Å². The van der Waals surface area contributed by atoms with Crippen LogP contribution in [0.25, 0.3) is 10.9 Å². The van der Waals surface area contributed by atoms with Crippen molar-refractivity contribution in [2.75, 3.05) is 6.61 Å². The van der Waals surface area contributed by atoms with Crippen LogP contribution in [0.2, 0.25) is 5.02 Å². The van der Waals surface area contributed by atoms with E-state index in [0.717, 1.165) is 22.0 Å². The number of esters is 2. The van der Waals surface area contributed by atoms with Gasteiger partial charge in [0.2, 0.25) is 0 Å². The summed E-state index contributed by atoms with van der Waals surface area (Å²) in [6.45, 7) is 5.54. The molecule has 39 heavy (non-hydrogen) atoms. The summed E-state index contributed by atoms with van der Waals surface area (Å²) < 4.78 is 23.8. The van der Waals surface area contributed by atoms with E-state index in [4.69, 9.17) is 30.5 Å². The molecule has 1 aliphatic heterocycles.